The number of carbonyl (C=O) groups is 2. The Bertz CT molecular complexity index is 565. The van der Waals surface area contributed by atoms with E-state index in [1.54, 1.807) is 12.1 Å². The second-order valence-electron chi connectivity index (χ2n) is 5.52. The van der Waals surface area contributed by atoms with E-state index in [1.165, 1.54) is 18.7 Å². The average Bonchev–Trinajstić information content (AvgIpc) is 2.37. The predicted molar refractivity (Wildman–Crippen MR) is 75.1 cm³/mol. The Balaban J connectivity index is 2.62. The summed E-state index contributed by atoms with van der Waals surface area (Å²) in [6.45, 7) is 6.78. The molecular formula is C15H19NO4. The minimum absolute atomic E-state index is 0.307. The van der Waals surface area contributed by atoms with Gasteiger partial charge in [-0.2, -0.15) is 0 Å². The van der Waals surface area contributed by atoms with E-state index < -0.39 is 17.6 Å². The monoisotopic (exact) mass is 277 g/mol. The van der Waals surface area contributed by atoms with Gasteiger partial charge < -0.3 is 9.84 Å². The molecule has 0 fully saturated rings. The Morgan fingerprint density at radius 1 is 1.45 bits per heavy atom. The van der Waals surface area contributed by atoms with Gasteiger partial charge in [-0.05, 0) is 44.9 Å². The van der Waals surface area contributed by atoms with Crippen molar-refractivity contribution in [1.29, 1.82) is 0 Å². The number of carboxylic acid groups (broad SMARTS) is 1. The first kappa shape index (κ1) is 14.4. The minimum atomic E-state index is -1.32. The second-order valence-corrected chi connectivity index (χ2v) is 5.52. The molecule has 108 valence electrons. The van der Waals surface area contributed by atoms with Gasteiger partial charge in [0.25, 0.3) is 5.91 Å². The zero-order valence-electron chi connectivity index (χ0n) is 12.1. The normalized spacial score (nSPS) is 18.5. The molecule has 1 N–H and O–H groups in total. The summed E-state index contributed by atoms with van der Waals surface area (Å²) in [6.07, 6.45) is -0.137. The molecule has 2 rings (SSSR count). The van der Waals surface area contributed by atoms with Crippen LogP contribution in [0.25, 0.3) is 0 Å². The molecule has 1 aromatic carbocycles. The van der Waals surface area contributed by atoms with Crippen molar-refractivity contribution in [2.24, 2.45) is 0 Å². The van der Waals surface area contributed by atoms with E-state index in [2.05, 4.69) is 0 Å². The highest BCUT2D eigenvalue weighted by atomic mass is 16.5. The van der Waals surface area contributed by atoms with Gasteiger partial charge in [0.2, 0.25) is 0 Å². The number of fused-ring (bicyclic) bond motifs is 1. The lowest BCUT2D eigenvalue weighted by Gasteiger charge is -2.41. The summed E-state index contributed by atoms with van der Waals surface area (Å²) < 4.78 is 5.67. The number of ether oxygens (including phenoxy) is 1. The first-order valence-electron chi connectivity index (χ1n) is 6.63. The fourth-order valence-electron chi connectivity index (χ4n) is 2.30. The topological polar surface area (TPSA) is 66.8 Å². The van der Waals surface area contributed by atoms with E-state index in [0.29, 0.717) is 17.9 Å². The van der Waals surface area contributed by atoms with Crippen LogP contribution in [0.5, 0.6) is 5.75 Å². The van der Waals surface area contributed by atoms with Crippen LogP contribution in [0, 0.1) is 6.92 Å². The number of aliphatic carboxylic acids is 1. The number of hydrogen-bond acceptors (Lipinski definition) is 3. The Morgan fingerprint density at radius 2 is 2.10 bits per heavy atom. The number of rotatable bonds is 3. The molecule has 0 bridgehead atoms. The molecule has 0 radical (unpaired) electrons. The Labute approximate surface area is 118 Å². The fraction of sp³-hybridized carbons (Fsp3) is 0.467. The fourth-order valence-corrected chi connectivity index (χ4v) is 2.30. The van der Waals surface area contributed by atoms with Crippen molar-refractivity contribution < 1.29 is 19.4 Å². The summed E-state index contributed by atoms with van der Waals surface area (Å²) >= 11 is 0. The first-order valence-corrected chi connectivity index (χ1v) is 6.63. The highest BCUT2D eigenvalue weighted by Gasteiger charge is 2.45. The summed E-state index contributed by atoms with van der Waals surface area (Å²) in [7, 11) is 0. The summed E-state index contributed by atoms with van der Waals surface area (Å²) in [4.78, 5) is 25.4. The number of hydrogen-bond donors (Lipinski definition) is 1. The van der Waals surface area contributed by atoms with E-state index in [9.17, 15) is 14.7 Å². The van der Waals surface area contributed by atoms with Gasteiger partial charge in [0.15, 0.2) is 6.10 Å². The molecule has 0 saturated carbocycles. The van der Waals surface area contributed by atoms with E-state index in [-0.39, 0.29) is 5.91 Å². The maximum Gasteiger partial charge on any atom is 0.329 e. The molecule has 0 aromatic heterocycles. The van der Waals surface area contributed by atoms with Gasteiger partial charge in [0.1, 0.15) is 11.3 Å². The lowest BCUT2D eigenvalue weighted by Crippen LogP contribution is -2.59. The van der Waals surface area contributed by atoms with Gasteiger partial charge in [0, 0.05) is 0 Å². The van der Waals surface area contributed by atoms with Crippen LogP contribution < -0.4 is 9.64 Å². The molecule has 0 spiro atoms. The molecule has 0 aliphatic carbocycles. The van der Waals surface area contributed by atoms with Crippen molar-refractivity contribution in [3.8, 4) is 5.75 Å². The maximum atomic E-state index is 12.5. The lowest BCUT2D eigenvalue weighted by molar-refractivity contribution is -0.145. The predicted octanol–water partition coefficient (Wildman–Crippen LogP) is 2.36. The molecule has 1 heterocycles. The number of amides is 1. The van der Waals surface area contributed by atoms with Crippen LogP contribution in [0.15, 0.2) is 18.2 Å². The van der Waals surface area contributed by atoms with Gasteiger partial charge in [-0.15, -0.1) is 0 Å². The standard InChI is InChI=1S/C15H19NO4/c1-5-11-13(17)16(15(3,4)14(18)19)10-8-9(2)6-7-12(10)20-11/h6-8,11H,5H2,1-4H3,(H,18,19). The van der Waals surface area contributed by atoms with Crippen molar-refractivity contribution in [2.75, 3.05) is 4.90 Å². The molecular weight excluding hydrogens is 258 g/mol. The zero-order valence-corrected chi connectivity index (χ0v) is 12.1. The largest absolute Gasteiger partial charge is 0.480 e. The van der Waals surface area contributed by atoms with Crippen molar-refractivity contribution in [1.82, 2.24) is 0 Å². The molecule has 1 aliphatic heterocycles. The van der Waals surface area contributed by atoms with Crippen LogP contribution in [-0.2, 0) is 9.59 Å². The molecule has 1 unspecified atom stereocenters. The van der Waals surface area contributed by atoms with E-state index in [1.807, 2.05) is 19.9 Å². The van der Waals surface area contributed by atoms with Crippen molar-refractivity contribution in [2.45, 2.75) is 45.8 Å². The maximum absolute atomic E-state index is 12.5. The third kappa shape index (κ3) is 2.13. The van der Waals surface area contributed by atoms with Crippen LogP contribution in [0.1, 0.15) is 32.8 Å². The summed E-state index contributed by atoms with van der Waals surface area (Å²) in [5.74, 6) is -0.801. The molecule has 1 atom stereocenters. The number of carboxylic acids is 1. The molecule has 0 saturated heterocycles. The second kappa shape index (κ2) is 4.81. The van der Waals surface area contributed by atoms with Crippen LogP contribution in [-0.4, -0.2) is 28.6 Å². The van der Waals surface area contributed by atoms with Gasteiger partial charge in [-0.1, -0.05) is 13.0 Å². The Kier molecular flexibility index (Phi) is 3.46. The average molecular weight is 277 g/mol. The summed E-state index contributed by atoms with van der Waals surface area (Å²) in [5, 5.41) is 9.43. The third-order valence-electron chi connectivity index (χ3n) is 3.57. The third-order valence-corrected chi connectivity index (χ3v) is 3.57. The van der Waals surface area contributed by atoms with Crippen molar-refractivity contribution in [3.05, 3.63) is 23.8 Å². The van der Waals surface area contributed by atoms with Crippen molar-refractivity contribution >= 4 is 17.6 Å². The highest BCUT2D eigenvalue weighted by molar-refractivity contribution is 6.06. The van der Waals surface area contributed by atoms with Crippen LogP contribution in [0.3, 0.4) is 0 Å². The summed E-state index contributed by atoms with van der Waals surface area (Å²) in [5.41, 5.74) is 0.144. The van der Waals surface area contributed by atoms with E-state index >= 15 is 0 Å². The quantitative estimate of drug-likeness (QED) is 0.921. The Morgan fingerprint density at radius 3 is 2.65 bits per heavy atom. The molecule has 5 nitrogen and oxygen atoms in total. The number of nitrogens with zero attached hydrogens (tertiary/aromatic N) is 1. The van der Waals surface area contributed by atoms with E-state index in [0.717, 1.165) is 5.56 Å². The van der Waals surface area contributed by atoms with Gasteiger partial charge in [0.05, 0.1) is 5.69 Å². The van der Waals surface area contributed by atoms with Crippen LogP contribution in [0.2, 0.25) is 0 Å². The van der Waals surface area contributed by atoms with E-state index in [4.69, 9.17) is 4.74 Å². The van der Waals surface area contributed by atoms with Gasteiger partial charge in [-0.25, -0.2) is 4.79 Å². The molecule has 1 aromatic rings. The number of anilines is 1. The zero-order chi connectivity index (χ0) is 15.1. The van der Waals surface area contributed by atoms with Crippen LogP contribution in [0.4, 0.5) is 5.69 Å². The van der Waals surface area contributed by atoms with Gasteiger partial charge >= 0.3 is 5.97 Å². The number of aryl methyl sites for hydroxylation is 1. The summed E-state index contributed by atoms with van der Waals surface area (Å²) in [6, 6.07) is 5.45. The molecule has 1 amide bonds. The minimum Gasteiger partial charge on any atom is -0.480 e. The highest BCUT2D eigenvalue weighted by Crippen LogP contribution is 2.39. The van der Waals surface area contributed by atoms with Crippen molar-refractivity contribution in [3.63, 3.8) is 0 Å². The Hall–Kier alpha value is -2.04. The lowest BCUT2D eigenvalue weighted by atomic mass is 9.98. The first-order chi connectivity index (χ1) is 9.28. The SMILES string of the molecule is CCC1Oc2ccc(C)cc2N(C(C)(C)C(=O)O)C1=O. The molecule has 5 heteroatoms. The van der Waals surface area contributed by atoms with Gasteiger partial charge in [-0.3, -0.25) is 9.69 Å². The molecule has 20 heavy (non-hydrogen) atoms. The smallest absolute Gasteiger partial charge is 0.329 e. The van der Waals surface area contributed by atoms with Crippen LogP contribution >= 0.6 is 0 Å². The molecule has 1 aliphatic rings. The number of benzene rings is 1. The number of carbonyl (C=O) groups excluding carboxylic acids is 1.